The fraction of sp³-hybridized carbons (Fsp3) is 0.241. The van der Waals surface area contributed by atoms with Gasteiger partial charge >= 0.3 is 6.18 Å². The molecule has 4 aromatic rings. The predicted octanol–water partition coefficient (Wildman–Crippen LogP) is 6.28. The normalized spacial score (nSPS) is 14.4. The smallest absolute Gasteiger partial charge is 0.416 e. The SMILES string of the molecule is O=C(c1ccc(OC2CN(CCCF)C2)cc1)c1c(-c2ccc(C(F)(F)F)cc2)cnc2cc(O)ccc12. The Morgan fingerprint density at radius 2 is 1.74 bits per heavy atom. The van der Waals surface area contributed by atoms with Crippen molar-refractivity contribution in [3.8, 4) is 22.6 Å². The van der Waals surface area contributed by atoms with Crippen LogP contribution < -0.4 is 4.74 Å². The van der Waals surface area contributed by atoms with Gasteiger partial charge in [0.1, 0.15) is 17.6 Å². The lowest BCUT2D eigenvalue weighted by atomic mass is 9.91. The number of hydrogen-bond donors (Lipinski definition) is 1. The molecule has 196 valence electrons. The van der Waals surface area contributed by atoms with Crippen LogP contribution in [0.15, 0.2) is 72.9 Å². The topological polar surface area (TPSA) is 62.7 Å². The average Bonchev–Trinajstić information content (AvgIpc) is 2.88. The molecule has 5 nitrogen and oxygen atoms in total. The molecule has 0 atom stereocenters. The zero-order valence-electron chi connectivity index (χ0n) is 20.2. The van der Waals surface area contributed by atoms with E-state index >= 15 is 0 Å². The number of nitrogens with zero attached hydrogens (tertiary/aromatic N) is 2. The van der Waals surface area contributed by atoms with Crippen LogP contribution in [-0.4, -0.2) is 53.2 Å². The number of pyridine rings is 1. The van der Waals surface area contributed by atoms with Gasteiger partial charge in [-0.1, -0.05) is 12.1 Å². The molecule has 1 N–H and O–H groups in total. The van der Waals surface area contributed by atoms with Crippen molar-refractivity contribution in [2.24, 2.45) is 0 Å². The predicted molar refractivity (Wildman–Crippen MR) is 135 cm³/mol. The number of benzene rings is 3. The van der Waals surface area contributed by atoms with E-state index in [9.17, 15) is 27.5 Å². The number of likely N-dealkylation sites (tertiary alicyclic amines) is 1. The molecule has 38 heavy (non-hydrogen) atoms. The lowest BCUT2D eigenvalue weighted by molar-refractivity contribution is -0.137. The molecule has 0 aliphatic carbocycles. The van der Waals surface area contributed by atoms with Crippen molar-refractivity contribution in [3.63, 3.8) is 0 Å². The summed E-state index contributed by atoms with van der Waals surface area (Å²) in [7, 11) is 0. The molecule has 2 heterocycles. The monoisotopic (exact) mass is 524 g/mol. The third kappa shape index (κ3) is 5.33. The number of ether oxygens (including phenoxy) is 1. The van der Waals surface area contributed by atoms with Crippen LogP contribution in [0.1, 0.15) is 27.9 Å². The quantitative estimate of drug-likeness (QED) is 0.217. The standard InChI is InChI=1S/C29H24F4N2O3/c30-12-1-13-35-16-23(17-35)38-22-9-4-19(5-10-22)28(37)27-24-11-8-21(36)14-26(24)34-15-25(27)18-2-6-20(7-3-18)29(31,32)33/h2-11,14-15,23,36H,1,12-13,16-17H2. The van der Waals surface area contributed by atoms with Crippen molar-refractivity contribution in [1.29, 1.82) is 0 Å². The van der Waals surface area contributed by atoms with Gasteiger partial charge < -0.3 is 9.84 Å². The average molecular weight is 525 g/mol. The molecular weight excluding hydrogens is 500 g/mol. The number of aromatic nitrogens is 1. The summed E-state index contributed by atoms with van der Waals surface area (Å²) >= 11 is 0. The lowest BCUT2D eigenvalue weighted by Gasteiger charge is -2.38. The largest absolute Gasteiger partial charge is 0.508 e. The first-order chi connectivity index (χ1) is 18.2. The Bertz CT molecular complexity index is 1450. The summed E-state index contributed by atoms with van der Waals surface area (Å²) in [6, 6.07) is 15.7. The van der Waals surface area contributed by atoms with E-state index in [-0.39, 0.29) is 29.9 Å². The second-order valence-corrected chi connectivity index (χ2v) is 9.22. The number of halogens is 4. The summed E-state index contributed by atoms with van der Waals surface area (Å²) in [5.74, 6) is 0.237. The highest BCUT2D eigenvalue weighted by molar-refractivity contribution is 6.19. The van der Waals surface area contributed by atoms with Crippen molar-refractivity contribution in [1.82, 2.24) is 9.88 Å². The van der Waals surface area contributed by atoms with Crippen LogP contribution in [-0.2, 0) is 6.18 Å². The third-order valence-electron chi connectivity index (χ3n) is 6.55. The Kier molecular flexibility index (Phi) is 7.03. The van der Waals surface area contributed by atoms with Crippen molar-refractivity contribution in [2.75, 3.05) is 26.3 Å². The molecule has 1 saturated heterocycles. The Morgan fingerprint density at radius 1 is 1.03 bits per heavy atom. The molecule has 3 aromatic carbocycles. The number of alkyl halides is 4. The van der Waals surface area contributed by atoms with Crippen molar-refractivity contribution < 1.29 is 32.2 Å². The van der Waals surface area contributed by atoms with E-state index in [1.807, 2.05) is 0 Å². The maximum atomic E-state index is 13.8. The third-order valence-corrected chi connectivity index (χ3v) is 6.55. The maximum absolute atomic E-state index is 13.8. The molecule has 1 aliphatic heterocycles. The second-order valence-electron chi connectivity index (χ2n) is 9.22. The van der Waals surface area contributed by atoms with Gasteiger partial charge in [-0.3, -0.25) is 19.1 Å². The summed E-state index contributed by atoms with van der Waals surface area (Å²) in [5.41, 5.74) is 1.01. The van der Waals surface area contributed by atoms with Crippen LogP contribution in [0.25, 0.3) is 22.0 Å². The van der Waals surface area contributed by atoms with E-state index in [2.05, 4.69) is 9.88 Å². The second kappa shape index (κ2) is 10.4. The maximum Gasteiger partial charge on any atom is 0.416 e. The number of ketones is 1. The van der Waals surface area contributed by atoms with Crippen LogP contribution in [0.4, 0.5) is 17.6 Å². The van der Waals surface area contributed by atoms with Crippen molar-refractivity contribution in [3.05, 3.63) is 89.6 Å². The van der Waals surface area contributed by atoms with Gasteiger partial charge in [0.15, 0.2) is 5.78 Å². The highest BCUT2D eigenvalue weighted by Crippen LogP contribution is 2.35. The summed E-state index contributed by atoms with van der Waals surface area (Å²) in [6.45, 7) is 1.79. The van der Waals surface area contributed by atoms with E-state index in [0.29, 0.717) is 59.4 Å². The zero-order chi connectivity index (χ0) is 26.9. The van der Waals surface area contributed by atoms with Crippen LogP contribution in [0, 0.1) is 0 Å². The lowest BCUT2D eigenvalue weighted by Crippen LogP contribution is -2.53. The van der Waals surface area contributed by atoms with Gasteiger partial charge in [-0.15, -0.1) is 0 Å². The summed E-state index contributed by atoms with van der Waals surface area (Å²) in [6.07, 6.45) is -2.55. The van der Waals surface area contributed by atoms with Gasteiger partial charge in [0, 0.05) is 54.0 Å². The van der Waals surface area contributed by atoms with Gasteiger partial charge in [0.25, 0.3) is 0 Å². The zero-order valence-corrected chi connectivity index (χ0v) is 20.2. The van der Waals surface area contributed by atoms with Gasteiger partial charge in [0.05, 0.1) is 17.8 Å². The Labute approximate surface area is 216 Å². The fourth-order valence-corrected chi connectivity index (χ4v) is 4.57. The minimum atomic E-state index is -4.48. The highest BCUT2D eigenvalue weighted by atomic mass is 19.4. The number of phenols is 1. The molecule has 1 aliphatic rings. The fourth-order valence-electron chi connectivity index (χ4n) is 4.57. The number of rotatable bonds is 8. The Morgan fingerprint density at radius 3 is 2.39 bits per heavy atom. The summed E-state index contributed by atoms with van der Waals surface area (Å²) < 4.78 is 57.5. The Balaban J connectivity index is 1.44. The molecule has 0 amide bonds. The van der Waals surface area contributed by atoms with E-state index < -0.39 is 11.7 Å². The molecule has 1 aromatic heterocycles. The minimum Gasteiger partial charge on any atom is -0.508 e. The number of aromatic hydroxyl groups is 1. The molecule has 5 rings (SSSR count). The number of carbonyl (C=O) groups excluding carboxylic acids is 1. The number of phenolic OH excluding ortho intramolecular Hbond substituents is 1. The molecule has 0 spiro atoms. The number of fused-ring (bicyclic) bond motifs is 1. The first-order valence-electron chi connectivity index (χ1n) is 12.1. The molecule has 0 bridgehead atoms. The molecule has 1 fully saturated rings. The van der Waals surface area contributed by atoms with Crippen molar-refractivity contribution >= 4 is 16.7 Å². The van der Waals surface area contributed by atoms with Crippen LogP contribution in [0.3, 0.4) is 0 Å². The highest BCUT2D eigenvalue weighted by Gasteiger charge is 2.30. The molecule has 9 heteroatoms. The first-order valence-corrected chi connectivity index (χ1v) is 12.1. The van der Waals surface area contributed by atoms with Crippen LogP contribution in [0.2, 0.25) is 0 Å². The minimum absolute atomic E-state index is 0.000691. The molecule has 0 saturated carbocycles. The summed E-state index contributed by atoms with van der Waals surface area (Å²) in [4.78, 5) is 20.2. The van der Waals surface area contributed by atoms with Gasteiger partial charge in [-0.2, -0.15) is 13.2 Å². The first kappa shape index (κ1) is 25.7. The van der Waals surface area contributed by atoms with Crippen LogP contribution >= 0.6 is 0 Å². The molecular formula is C29H24F4N2O3. The van der Waals surface area contributed by atoms with Gasteiger partial charge in [-0.25, -0.2) is 0 Å². The van der Waals surface area contributed by atoms with E-state index in [1.54, 1.807) is 30.3 Å². The molecule has 0 radical (unpaired) electrons. The van der Waals surface area contributed by atoms with Gasteiger partial charge in [0.2, 0.25) is 0 Å². The number of carbonyl (C=O) groups is 1. The number of hydrogen-bond acceptors (Lipinski definition) is 5. The Hall–Kier alpha value is -3.98. The van der Waals surface area contributed by atoms with Gasteiger partial charge in [-0.05, 0) is 60.5 Å². The van der Waals surface area contributed by atoms with E-state index in [0.717, 1.165) is 12.1 Å². The van der Waals surface area contributed by atoms with Crippen LogP contribution in [0.5, 0.6) is 11.5 Å². The van der Waals surface area contributed by atoms with E-state index in [1.165, 1.54) is 30.5 Å². The van der Waals surface area contributed by atoms with Crippen molar-refractivity contribution in [2.45, 2.75) is 18.7 Å². The summed E-state index contributed by atoms with van der Waals surface area (Å²) in [5, 5.41) is 10.4. The molecule has 0 unspecified atom stereocenters. The van der Waals surface area contributed by atoms with E-state index in [4.69, 9.17) is 4.74 Å².